The molecule has 0 saturated heterocycles. The SMILES string of the molecule is COc1cc(OC)cc(-c2cccc(CC(NC(CC(C)C)C(=O)O)C(=O)O)c2)c1. The first-order valence-corrected chi connectivity index (χ1v) is 9.77. The second kappa shape index (κ2) is 10.6. The van der Waals surface area contributed by atoms with Gasteiger partial charge < -0.3 is 19.7 Å². The Hall–Kier alpha value is -3.06. The summed E-state index contributed by atoms with van der Waals surface area (Å²) in [4.78, 5) is 23.3. The first kappa shape index (κ1) is 23.2. The Morgan fingerprint density at radius 2 is 1.50 bits per heavy atom. The average molecular weight is 415 g/mol. The smallest absolute Gasteiger partial charge is 0.321 e. The summed E-state index contributed by atoms with van der Waals surface area (Å²) < 4.78 is 10.6. The lowest BCUT2D eigenvalue weighted by Gasteiger charge is -2.22. The van der Waals surface area contributed by atoms with Crippen LogP contribution in [0.5, 0.6) is 11.5 Å². The lowest BCUT2D eigenvalue weighted by atomic mass is 9.97. The van der Waals surface area contributed by atoms with E-state index >= 15 is 0 Å². The first-order valence-electron chi connectivity index (χ1n) is 9.77. The van der Waals surface area contributed by atoms with Gasteiger partial charge in [0.25, 0.3) is 0 Å². The molecule has 3 N–H and O–H groups in total. The zero-order valence-electron chi connectivity index (χ0n) is 17.7. The minimum atomic E-state index is -1.08. The minimum Gasteiger partial charge on any atom is -0.497 e. The predicted molar refractivity (Wildman–Crippen MR) is 114 cm³/mol. The highest BCUT2D eigenvalue weighted by Gasteiger charge is 2.26. The number of ether oxygens (including phenoxy) is 2. The van der Waals surface area contributed by atoms with Gasteiger partial charge in [0, 0.05) is 6.07 Å². The van der Waals surface area contributed by atoms with Crippen LogP contribution in [-0.4, -0.2) is 48.5 Å². The van der Waals surface area contributed by atoms with Crippen LogP contribution in [-0.2, 0) is 16.0 Å². The van der Waals surface area contributed by atoms with Crippen molar-refractivity contribution in [2.24, 2.45) is 5.92 Å². The van der Waals surface area contributed by atoms with Gasteiger partial charge in [-0.05, 0) is 47.6 Å². The van der Waals surface area contributed by atoms with Crippen molar-refractivity contribution in [2.75, 3.05) is 14.2 Å². The molecule has 7 heteroatoms. The van der Waals surface area contributed by atoms with Gasteiger partial charge in [0.15, 0.2) is 0 Å². The highest BCUT2D eigenvalue weighted by atomic mass is 16.5. The Balaban J connectivity index is 2.27. The standard InChI is InChI=1S/C23H29NO6/c1-14(2)8-20(22(25)26)24-21(23(27)28)10-15-6-5-7-16(9-15)17-11-18(29-3)13-19(12-17)30-4/h5-7,9,11-14,20-21,24H,8,10H2,1-4H3,(H,25,26)(H,27,28). The molecular formula is C23H29NO6. The molecule has 0 amide bonds. The summed E-state index contributed by atoms with van der Waals surface area (Å²) in [6.07, 6.45) is 0.509. The van der Waals surface area contributed by atoms with E-state index in [2.05, 4.69) is 5.32 Å². The zero-order valence-corrected chi connectivity index (χ0v) is 17.7. The highest BCUT2D eigenvalue weighted by Crippen LogP contribution is 2.30. The van der Waals surface area contributed by atoms with Crippen LogP contribution in [0.2, 0.25) is 0 Å². The lowest BCUT2D eigenvalue weighted by molar-refractivity contribution is -0.142. The second-order valence-corrected chi connectivity index (χ2v) is 7.58. The number of aliphatic carboxylic acids is 2. The Morgan fingerprint density at radius 3 is 2.00 bits per heavy atom. The van der Waals surface area contributed by atoms with Crippen LogP contribution in [0.15, 0.2) is 42.5 Å². The number of methoxy groups -OCH3 is 2. The maximum Gasteiger partial charge on any atom is 0.321 e. The molecular weight excluding hydrogens is 386 g/mol. The van der Waals surface area contributed by atoms with Gasteiger partial charge in [0.05, 0.1) is 14.2 Å². The van der Waals surface area contributed by atoms with Gasteiger partial charge in [-0.25, -0.2) is 0 Å². The lowest BCUT2D eigenvalue weighted by Crippen LogP contribution is -2.48. The highest BCUT2D eigenvalue weighted by molar-refractivity contribution is 5.78. The van der Waals surface area contributed by atoms with Crippen LogP contribution < -0.4 is 14.8 Å². The van der Waals surface area contributed by atoms with Gasteiger partial charge in [-0.15, -0.1) is 0 Å². The molecule has 0 aliphatic rings. The van der Waals surface area contributed by atoms with E-state index in [1.807, 2.05) is 50.2 Å². The predicted octanol–water partition coefficient (Wildman–Crippen LogP) is 3.46. The molecule has 0 spiro atoms. The zero-order chi connectivity index (χ0) is 22.3. The molecule has 0 radical (unpaired) electrons. The van der Waals surface area contributed by atoms with Gasteiger partial charge in [-0.3, -0.25) is 14.9 Å². The molecule has 0 aliphatic carbocycles. The third-order valence-corrected chi connectivity index (χ3v) is 4.76. The van der Waals surface area contributed by atoms with Gasteiger partial charge >= 0.3 is 11.9 Å². The van der Waals surface area contributed by atoms with Crippen molar-refractivity contribution in [1.82, 2.24) is 5.32 Å². The molecule has 0 saturated carbocycles. The van der Waals surface area contributed by atoms with Crippen LogP contribution >= 0.6 is 0 Å². The van der Waals surface area contributed by atoms with Crippen molar-refractivity contribution in [1.29, 1.82) is 0 Å². The summed E-state index contributed by atoms with van der Waals surface area (Å²) in [5, 5.41) is 21.9. The summed E-state index contributed by atoms with van der Waals surface area (Å²) in [6, 6.07) is 11.1. The Kier molecular flexibility index (Phi) is 8.24. The van der Waals surface area contributed by atoms with Crippen molar-refractivity contribution in [3.8, 4) is 22.6 Å². The monoisotopic (exact) mass is 415 g/mol. The molecule has 0 fully saturated rings. The molecule has 30 heavy (non-hydrogen) atoms. The molecule has 0 bridgehead atoms. The summed E-state index contributed by atoms with van der Waals surface area (Å²) in [6.45, 7) is 3.80. The van der Waals surface area contributed by atoms with Crippen LogP contribution in [0, 0.1) is 5.92 Å². The number of hydrogen-bond acceptors (Lipinski definition) is 5. The van der Waals surface area contributed by atoms with Crippen LogP contribution in [0.4, 0.5) is 0 Å². The van der Waals surface area contributed by atoms with E-state index in [-0.39, 0.29) is 12.3 Å². The number of carbonyl (C=O) groups is 2. The molecule has 2 atom stereocenters. The molecule has 0 aliphatic heterocycles. The fraction of sp³-hybridized carbons (Fsp3) is 0.391. The summed E-state index contributed by atoms with van der Waals surface area (Å²) in [7, 11) is 3.16. The molecule has 2 aromatic carbocycles. The van der Waals surface area contributed by atoms with Crippen LogP contribution in [0.1, 0.15) is 25.8 Å². The molecule has 7 nitrogen and oxygen atoms in total. The maximum atomic E-state index is 11.8. The van der Waals surface area contributed by atoms with Gasteiger partial charge in [0.1, 0.15) is 23.6 Å². The molecule has 0 heterocycles. The minimum absolute atomic E-state index is 0.124. The number of rotatable bonds is 11. The molecule has 2 unspecified atom stereocenters. The first-order chi connectivity index (χ1) is 14.2. The number of carboxylic acids is 2. The largest absolute Gasteiger partial charge is 0.497 e. The Bertz CT molecular complexity index is 857. The fourth-order valence-corrected chi connectivity index (χ4v) is 3.26. The van der Waals surface area contributed by atoms with Crippen molar-refractivity contribution < 1.29 is 29.3 Å². The van der Waals surface area contributed by atoms with Gasteiger partial charge in [0.2, 0.25) is 0 Å². The van der Waals surface area contributed by atoms with E-state index in [0.717, 1.165) is 16.7 Å². The Morgan fingerprint density at radius 1 is 0.900 bits per heavy atom. The number of benzene rings is 2. The topological polar surface area (TPSA) is 105 Å². The quantitative estimate of drug-likeness (QED) is 0.516. The third kappa shape index (κ3) is 6.49. The van der Waals surface area contributed by atoms with E-state index in [4.69, 9.17) is 9.47 Å². The van der Waals surface area contributed by atoms with Crippen LogP contribution in [0.25, 0.3) is 11.1 Å². The molecule has 0 aromatic heterocycles. The molecule has 162 valence electrons. The van der Waals surface area contributed by atoms with E-state index in [0.29, 0.717) is 17.9 Å². The summed E-state index contributed by atoms with van der Waals surface area (Å²) in [5.41, 5.74) is 2.53. The van der Waals surface area contributed by atoms with Crippen molar-refractivity contribution >= 4 is 11.9 Å². The second-order valence-electron chi connectivity index (χ2n) is 7.58. The fourth-order valence-electron chi connectivity index (χ4n) is 3.26. The number of carboxylic acid groups (broad SMARTS) is 2. The number of hydrogen-bond donors (Lipinski definition) is 3. The maximum absolute atomic E-state index is 11.8. The average Bonchev–Trinajstić information content (AvgIpc) is 2.71. The van der Waals surface area contributed by atoms with Crippen LogP contribution in [0.3, 0.4) is 0 Å². The van der Waals surface area contributed by atoms with Gasteiger partial charge in [-0.2, -0.15) is 0 Å². The van der Waals surface area contributed by atoms with E-state index in [1.54, 1.807) is 20.3 Å². The Labute approximate surface area is 176 Å². The molecule has 2 rings (SSSR count). The summed E-state index contributed by atoms with van der Waals surface area (Å²) in [5.74, 6) is -0.708. The third-order valence-electron chi connectivity index (χ3n) is 4.76. The van der Waals surface area contributed by atoms with E-state index in [1.165, 1.54) is 0 Å². The normalized spacial score (nSPS) is 13.0. The van der Waals surface area contributed by atoms with Crippen molar-refractivity contribution in [3.63, 3.8) is 0 Å². The van der Waals surface area contributed by atoms with Crippen molar-refractivity contribution in [3.05, 3.63) is 48.0 Å². The van der Waals surface area contributed by atoms with E-state index < -0.39 is 24.0 Å². The number of nitrogens with one attached hydrogen (secondary N) is 1. The molecule has 2 aromatic rings. The van der Waals surface area contributed by atoms with Gasteiger partial charge in [-0.1, -0.05) is 38.1 Å². The van der Waals surface area contributed by atoms with E-state index in [9.17, 15) is 19.8 Å². The van der Waals surface area contributed by atoms with Crippen molar-refractivity contribution in [2.45, 2.75) is 38.8 Å². The summed E-state index contributed by atoms with van der Waals surface area (Å²) >= 11 is 0.